The third kappa shape index (κ3) is 4.36. The van der Waals surface area contributed by atoms with Crippen LogP contribution in [0.25, 0.3) is 0 Å². The largest absolute Gasteiger partial charge is 0.341 e. The van der Waals surface area contributed by atoms with Gasteiger partial charge in [0.05, 0.1) is 17.1 Å². The highest BCUT2D eigenvalue weighted by atomic mass is 32.1. The average Bonchev–Trinajstić information content (AvgIpc) is 2.88. The molecule has 0 atom stereocenters. The fraction of sp³-hybridized carbons (Fsp3) is 0.438. The molecule has 0 radical (unpaired) electrons. The van der Waals surface area contributed by atoms with Crippen molar-refractivity contribution in [2.45, 2.75) is 39.2 Å². The summed E-state index contributed by atoms with van der Waals surface area (Å²) in [6, 6.07) is 3.85. The zero-order valence-electron chi connectivity index (χ0n) is 13.0. The van der Waals surface area contributed by atoms with Gasteiger partial charge in [-0.3, -0.25) is 9.78 Å². The molecule has 112 valence electrons. The Morgan fingerprint density at radius 2 is 2.14 bits per heavy atom. The van der Waals surface area contributed by atoms with E-state index in [4.69, 9.17) is 0 Å². The molecule has 0 aliphatic rings. The first-order chi connectivity index (χ1) is 9.86. The Bertz CT molecular complexity index is 601. The number of pyridine rings is 1. The van der Waals surface area contributed by atoms with E-state index in [0.717, 1.165) is 16.3 Å². The van der Waals surface area contributed by atoms with Gasteiger partial charge in [0.15, 0.2) is 0 Å². The van der Waals surface area contributed by atoms with Gasteiger partial charge in [-0.05, 0) is 11.6 Å². The van der Waals surface area contributed by atoms with Gasteiger partial charge in [-0.25, -0.2) is 4.98 Å². The van der Waals surface area contributed by atoms with Crippen LogP contribution >= 0.6 is 11.3 Å². The summed E-state index contributed by atoms with van der Waals surface area (Å²) in [5.41, 5.74) is 1.92. The Balaban J connectivity index is 1.96. The van der Waals surface area contributed by atoms with E-state index in [1.54, 1.807) is 28.6 Å². The number of aromatic nitrogens is 2. The van der Waals surface area contributed by atoms with E-state index < -0.39 is 0 Å². The van der Waals surface area contributed by atoms with Crippen LogP contribution in [-0.4, -0.2) is 27.8 Å². The maximum Gasteiger partial charge on any atom is 0.228 e. The number of thiazole rings is 1. The number of nitrogens with zero attached hydrogens (tertiary/aromatic N) is 3. The van der Waals surface area contributed by atoms with Crippen molar-refractivity contribution in [3.05, 3.63) is 46.2 Å². The summed E-state index contributed by atoms with van der Waals surface area (Å²) in [6.45, 7) is 6.97. The summed E-state index contributed by atoms with van der Waals surface area (Å²) in [4.78, 5) is 22.6. The van der Waals surface area contributed by atoms with Gasteiger partial charge >= 0.3 is 0 Å². The van der Waals surface area contributed by atoms with Gasteiger partial charge in [0.2, 0.25) is 5.91 Å². The van der Waals surface area contributed by atoms with E-state index in [9.17, 15) is 4.79 Å². The van der Waals surface area contributed by atoms with Crippen LogP contribution in [0, 0.1) is 0 Å². The molecule has 0 unspecified atom stereocenters. The normalized spacial score (nSPS) is 11.4. The second kappa shape index (κ2) is 6.35. The molecular weight excluding hydrogens is 282 g/mol. The van der Waals surface area contributed by atoms with Crippen molar-refractivity contribution in [3.8, 4) is 0 Å². The third-order valence-corrected chi connectivity index (χ3v) is 4.41. The second-order valence-electron chi connectivity index (χ2n) is 6.18. The molecule has 2 rings (SSSR count). The van der Waals surface area contributed by atoms with Crippen LogP contribution in [0.2, 0.25) is 0 Å². The highest BCUT2D eigenvalue weighted by Gasteiger charge is 2.19. The van der Waals surface area contributed by atoms with Crippen molar-refractivity contribution in [1.82, 2.24) is 14.9 Å². The minimum absolute atomic E-state index is 0.0353. The molecule has 0 fully saturated rings. The quantitative estimate of drug-likeness (QED) is 0.872. The molecule has 0 spiro atoms. The summed E-state index contributed by atoms with van der Waals surface area (Å²) in [6.07, 6.45) is 3.86. The highest BCUT2D eigenvalue weighted by Crippen LogP contribution is 2.25. The fourth-order valence-corrected chi connectivity index (χ4v) is 2.78. The Morgan fingerprint density at radius 1 is 1.38 bits per heavy atom. The molecular formula is C16H21N3OS. The van der Waals surface area contributed by atoms with Crippen molar-refractivity contribution in [2.24, 2.45) is 0 Å². The smallest absolute Gasteiger partial charge is 0.228 e. The third-order valence-electron chi connectivity index (χ3n) is 3.09. The second-order valence-corrected chi connectivity index (χ2v) is 7.04. The Kier molecular flexibility index (Phi) is 4.73. The minimum atomic E-state index is 0.0353. The molecule has 0 aliphatic heterocycles. The van der Waals surface area contributed by atoms with E-state index in [-0.39, 0.29) is 11.3 Å². The average molecular weight is 303 g/mol. The number of rotatable bonds is 4. The standard InChI is InChI=1S/C16H21N3OS/c1-16(2,3)15-18-13(11-21-15)8-14(20)19(4)10-12-6-5-7-17-9-12/h5-7,9,11H,8,10H2,1-4H3. The lowest BCUT2D eigenvalue weighted by Crippen LogP contribution is -2.28. The first-order valence-electron chi connectivity index (χ1n) is 6.94. The molecule has 5 heteroatoms. The van der Waals surface area contributed by atoms with E-state index in [1.165, 1.54) is 0 Å². The first-order valence-corrected chi connectivity index (χ1v) is 7.82. The number of carbonyl (C=O) groups excluding carboxylic acids is 1. The molecule has 0 aliphatic carbocycles. The van der Waals surface area contributed by atoms with E-state index >= 15 is 0 Å². The van der Waals surface area contributed by atoms with Crippen LogP contribution in [0.15, 0.2) is 29.9 Å². The van der Waals surface area contributed by atoms with Crippen LogP contribution in [0.3, 0.4) is 0 Å². The predicted octanol–water partition coefficient (Wildman–Crippen LogP) is 3.04. The van der Waals surface area contributed by atoms with E-state index in [2.05, 4.69) is 30.7 Å². The Morgan fingerprint density at radius 3 is 2.71 bits per heavy atom. The Hall–Kier alpha value is -1.75. The maximum atomic E-state index is 12.2. The molecule has 2 heterocycles. The number of hydrogen-bond donors (Lipinski definition) is 0. The molecule has 0 bridgehead atoms. The maximum absolute atomic E-state index is 12.2. The van der Waals surface area contributed by atoms with Crippen LogP contribution in [-0.2, 0) is 23.2 Å². The van der Waals surface area contributed by atoms with Gasteiger partial charge in [0, 0.05) is 36.8 Å². The SMILES string of the molecule is CN(Cc1cccnc1)C(=O)Cc1csc(C(C)(C)C)n1. The van der Waals surface area contributed by atoms with Gasteiger partial charge < -0.3 is 4.90 Å². The summed E-state index contributed by atoms with van der Waals surface area (Å²) in [5, 5.41) is 3.05. The zero-order chi connectivity index (χ0) is 15.5. The molecule has 0 aromatic carbocycles. The van der Waals surface area contributed by atoms with Crippen molar-refractivity contribution < 1.29 is 4.79 Å². The Labute approximate surface area is 129 Å². The molecule has 4 nitrogen and oxygen atoms in total. The first kappa shape index (κ1) is 15.6. The lowest BCUT2D eigenvalue weighted by Gasteiger charge is -2.16. The van der Waals surface area contributed by atoms with Crippen LogP contribution in [0.5, 0.6) is 0 Å². The summed E-state index contributed by atoms with van der Waals surface area (Å²) >= 11 is 1.62. The van der Waals surface area contributed by atoms with Crippen LogP contribution in [0.1, 0.15) is 37.0 Å². The van der Waals surface area contributed by atoms with Gasteiger partial charge in [-0.15, -0.1) is 11.3 Å². The molecule has 0 saturated heterocycles. The van der Waals surface area contributed by atoms with E-state index in [1.807, 2.05) is 24.6 Å². The predicted molar refractivity (Wildman–Crippen MR) is 85.2 cm³/mol. The number of carbonyl (C=O) groups is 1. The van der Waals surface area contributed by atoms with Crippen LogP contribution in [0.4, 0.5) is 0 Å². The summed E-state index contributed by atoms with van der Waals surface area (Å²) < 4.78 is 0. The molecule has 2 aromatic heterocycles. The van der Waals surface area contributed by atoms with Gasteiger partial charge in [0.1, 0.15) is 0 Å². The number of hydrogen-bond acceptors (Lipinski definition) is 4. The van der Waals surface area contributed by atoms with Gasteiger partial charge in [-0.1, -0.05) is 26.8 Å². The molecule has 0 N–H and O–H groups in total. The van der Waals surface area contributed by atoms with Crippen molar-refractivity contribution in [2.75, 3.05) is 7.05 Å². The van der Waals surface area contributed by atoms with Crippen molar-refractivity contribution in [1.29, 1.82) is 0 Å². The minimum Gasteiger partial charge on any atom is -0.341 e. The lowest BCUT2D eigenvalue weighted by molar-refractivity contribution is -0.129. The van der Waals surface area contributed by atoms with Gasteiger partial charge in [-0.2, -0.15) is 0 Å². The van der Waals surface area contributed by atoms with E-state index in [0.29, 0.717) is 13.0 Å². The van der Waals surface area contributed by atoms with Gasteiger partial charge in [0.25, 0.3) is 0 Å². The molecule has 1 amide bonds. The van der Waals surface area contributed by atoms with Crippen LogP contribution < -0.4 is 0 Å². The summed E-state index contributed by atoms with van der Waals surface area (Å²) in [5.74, 6) is 0.0737. The topological polar surface area (TPSA) is 46.1 Å². The highest BCUT2D eigenvalue weighted by molar-refractivity contribution is 7.09. The zero-order valence-corrected chi connectivity index (χ0v) is 13.8. The molecule has 0 saturated carbocycles. The monoisotopic (exact) mass is 303 g/mol. The molecule has 21 heavy (non-hydrogen) atoms. The fourth-order valence-electron chi connectivity index (χ4n) is 1.88. The number of amides is 1. The summed E-state index contributed by atoms with van der Waals surface area (Å²) in [7, 11) is 1.81. The lowest BCUT2D eigenvalue weighted by atomic mass is 9.98. The number of likely N-dealkylation sites (N-methyl/N-ethyl adjacent to an activating group) is 1. The van der Waals surface area contributed by atoms with Crippen molar-refractivity contribution >= 4 is 17.2 Å². The molecule has 2 aromatic rings. The van der Waals surface area contributed by atoms with Crippen molar-refractivity contribution in [3.63, 3.8) is 0 Å².